The van der Waals surface area contributed by atoms with Gasteiger partial charge in [-0.15, -0.1) is 0 Å². The molecule has 2 rings (SSSR count). The quantitative estimate of drug-likeness (QED) is 0.909. The first-order valence-electron chi connectivity index (χ1n) is 6.65. The van der Waals surface area contributed by atoms with Crippen LogP contribution in [0.4, 0.5) is 4.39 Å². The molecule has 0 amide bonds. The van der Waals surface area contributed by atoms with Gasteiger partial charge in [-0.25, -0.2) is 4.39 Å². The fourth-order valence-corrected chi connectivity index (χ4v) is 2.14. The number of hydrogen-bond donors (Lipinski definition) is 1. The zero-order valence-electron chi connectivity index (χ0n) is 12.0. The highest BCUT2D eigenvalue weighted by Crippen LogP contribution is 2.26. The van der Waals surface area contributed by atoms with Crippen LogP contribution in [0.1, 0.15) is 29.8 Å². The van der Waals surface area contributed by atoms with E-state index in [1.54, 1.807) is 6.07 Å². The zero-order valence-corrected chi connectivity index (χ0v) is 12.0. The average molecular weight is 274 g/mol. The number of hydrogen-bond acceptors (Lipinski definition) is 3. The van der Waals surface area contributed by atoms with Crippen molar-refractivity contribution in [3.8, 4) is 5.75 Å². The molecule has 0 saturated heterocycles. The molecule has 0 radical (unpaired) electrons. The highest BCUT2D eigenvalue weighted by Gasteiger charge is 2.15. The molecule has 4 heteroatoms. The zero-order chi connectivity index (χ0) is 14.5. The smallest absolute Gasteiger partial charge is 0.165 e. The van der Waals surface area contributed by atoms with Crippen molar-refractivity contribution < 1.29 is 9.13 Å². The van der Waals surface area contributed by atoms with Gasteiger partial charge in [-0.3, -0.25) is 4.98 Å². The van der Waals surface area contributed by atoms with Gasteiger partial charge in [0.25, 0.3) is 0 Å². The summed E-state index contributed by atoms with van der Waals surface area (Å²) in [5.74, 6) is -0.0981. The van der Waals surface area contributed by atoms with Gasteiger partial charge in [-0.1, -0.05) is 19.1 Å². The molecule has 0 bridgehead atoms. The van der Waals surface area contributed by atoms with E-state index in [1.807, 2.05) is 38.2 Å². The standard InChI is InChI=1S/C16H19FN2O/c1-4-18-16(13-6-5-11(2)19-10-13)12-7-8-15(20-3)14(17)9-12/h5-10,16,18H,4H2,1-3H3. The molecule has 2 aromatic rings. The van der Waals surface area contributed by atoms with E-state index in [9.17, 15) is 4.39 Å². The van der Waals surface area contributed by atoms with Crippen molar-refractivity contribution in [1.29, 1.82) is 0 Å². The molecule has 0 fully saturated rings. The summed E-state index contributed by atoms with van der Waals surface area (Å²) in [7, 11) is 1.46. The third-order valence-corrected chi connectivity index (χ3v) is 3.19. The Morgan fingerprint density at radius 3 is 2.55 bits per heavy atom. The SMILES string of the molecule is CCNC(c1ccc(C)nc1)c1ccc(OC)c(F)c1. The molecule has 1 atom stereocenters. The van der Waals surface area contributed by atoms with Gasteiger partial charge in [0, 0.05) is 11.9 Å². The van der Waals surface area contributed by atoms with Crippen molar-refractivity contribution >= 4 is 0 Å². The Kier molecular flexibility index (Phi) is 4.69. The van der Waals surface area contributed by atoms with Crippen LogP contribution in [0.5, 0.6) is 5.75 Å². The van der Waals surface area contributed by atoms with Crippen LogP contribution in [0.25, 0.3) is 0 Å². The van der Waals surface area contributed by atoms with Crippen LogP contribution in [-0.2, 0) is 0 Å². The summed E-state index contributed by atoms with van der Waals surface area (Å²) in [5, 5.41) is 3.35. The maximum Gasteiger partial charge on any atom is 0.165 e. The maximum absolute atomic E-state index is 13.9. The Bertz CT molecular complexity index is 569. The number of benzene rings is 1. The molecule has 106 valence electrons. The van der Waals surface area contributed by atoms with Crippen LogP contribution in [-0.4, -0.2) is 18.6 Å². The number of rotatable bonds is 5. The van der Waals surface area contributed by atoms with Crippen molar-refractivity contribution in [3.05, 3.63) is 59.2 Å². The van der Waals surface area contributed by atoms with Gasteiger partial charge in [0.1, 0.15) is 0 Å². The van der Waals surface area contributed by atoms with E-state index in [0.29, 0.717) is 0 Å². The minimum Gasteiger partial charge on any atom is -0.494 e. The Morgan fingerprint density at radius 2 is 2.00 bits per heavy atom. The Morgan fingerprint density at radius 1 is 1.25 bits per heavy atom. The third-order valence-electron chi connectivity index (χ3n) is 3.19. The van der Waals surface area contributed by atoms with Gasteiger partial charge >= 0.3 is 0 Å². The van der Waals surface area contributed by atoms with Gasteiger partial charge in [0.15, 0.2) is 11.6 Å². The number of ether oxygens (including phenoxy) is 1. The van der Waals surface area contributed by atoms with Crippen LogP contribution < -0.4 is 10.1 Å². The molecule has 1 aromatic carbocycles. The monoisotopic (exact) mass is 274 g/mol. The minimum absolute atomic E-state index is 0.0755. The Labute approximate surface area is 118 Å². The van der Waals surface area contributed by atoms with E-state index in [1.165, 1.54) is 13.2 Å². The molecule has 1 N–H and O–H groups in total. The van der Waals surface area contributed by atoms with E-state index in [0.717, 1.165) is 23.4 Å². The van der Waals surface area contributed by atoms with Crippen LogP contribution in [0.2, 0.25) is 0 Å². The van der Waals surface area contributed by atoms with E-state index in [2.05, 4.69) is 10.3 Å². The van der Waals surface area contributed by atoms with Crippen molar-refractivity contribution in [2.75, 3.05) is 13.7 Å². The molecule has 1 unspecified atom stereocenters. The Hall–Kier alpha value is -1.94. The second kappa shape index (κ2) is 6.48. The first kappa shape index (κ1) is 14.5. The van der Waals surface area contributed by atoms with Crippen LogP contribution >= 0.6 is 0 Å². The van der Waals surface area contributed by atoms with Crippen molar-refractivity contribution in [2.24, 2.45) is 0 Å². The van der Waals surface area contributed by atoms with Gasteiger partial charge < -0.3 is 10.1 Å². The van der Waals surface area contributed by atoms with Crippen LogP contribution in [0.3, 0.4) is 0 Å². The normalized spacial score (nSPS) is 12.2. The number of nitrogens with zero attached hydrogens (tertiary/aromatic N) is 1. The van der Waals surface area contributed by atoms with Gasteiger partial charge in [0.2, 0.25) is 0 Å². The second-order valence-electron chi connectivity index (χ2n) is 4.62. The lowest BCUT2D eigenvalue weighted by molar-refractivity contribution is 0.385. The molecule has 0 spiro atoms. The van der Waals surface area contributed by atoms with Crippen molar-refractivity contribution in [2.45, 2.75) is 19.9 Å². The first-order valence-corrected chi connectivity index (χ1v) is 6.65. The lowest BCUT2D eigenvalue weighted by Gasteiger charge is -2.19. The lowest BCUT2D eigenvalue weighted by Crippen LogP contribution is -2.22. The van der Waals surface area contributed by atoms with Crippen molar-refractivity contribution in [3.63, 3.8) is 0 Å². The van der Waals surface area contributed by atoms with Gasteiger partial charge in [-0.05, 0) is 42.8 Å². The van der Waals surface area contributed by atoms with Gasteiger partial charge in [0.05, 0.1) is 13.2 Å². The lowest BCUT2D eigenvalue weighted by atomic mass is 9.99. The Balaban J connectivity index is 2.37. The molecule has 20 heavy (non-hydrogen) atoms. The summed E-state index contributed by atoms with van der Waals surface area (Å²) in [5.41, 5.74) is 2.84. The van der Waals surface area contributed by atoms with E-state index >= 15 is 0 Å². The summed E-state index contributed by atoms with van der Waals surface area (Å²) in [6.07, 6.45) is 1.82. The molecule has 3 nitrogen and oxygen atoms in total. The van der Waals surface area contributed by atoms with E-state index < -0.39 is 0 Å². The molecular formula is C16H19FN2O. The number of aromatic nitrogens is 1. The predicted molar refractivity (Wildman–Crippen MR) is 77.4 cm³/mol. The van der Waals surface area contributed by atoms with Gasteiger partial charge in [-0.2, -0.15) is 0 Å². The molecule has 1 heterocycles. The van der Waals surface area contributed by atoms with E-state index in [4.69, 9.17) is 4.74 Å². The van der Waals surface area contributed by atoms with E-state index in [-0.39, 0.29) is 17.6 Å². The molecule has 1 aromatic heterocycles. The highest BCUT2D eigenvalue weighted by atomic mass is 19.1. The van der Waals surface area contributed by atoms with Crippen LogP contribution in [0.15, 0.2) is 36.5 Å². The largest absolute Gasteiger partial charge is 0.494 e. The minimum atomic E-state index is -0.354. The molecule has 0 aliphatic carbocycles. The summed E-state index contributed by atoms with van der Waals surface area (Å²) < 4.78 is 18.8. The highest BCUT2D eigenvalue weighted by molar-refractivity contribution is 5.36. The molecule has 0 aliphatic heterocycles. The topological polar surface area (TPSA) is 34.2 Å². The van der Waals surface area contributed by atoms with Crippen LogP contribution in [0, 0.1) is 12.7 Å². The summed E-state index contributed by atoms with van der Waals surface area (Å²) >= 11 is 0. The maximum atomic E-state index is 13.9. The first-order chi connectivity index (χ1) is 9.65. The summed E-state index contributed by atoms with van der Waals surface area (Å²) in [6.45, 7) is 4.75. The number of aryl methyl sites for hydroxylation is 1. The second-order valence-corrected chi connectivity index (χ2v) is 4.62. The number of nitrogens with one attached hydrogen (secondary N) is 1. The number of halogens is 1. The number of pyridine rings is 1. The predicted octanol–water partition coefficient (Wildman–Crippen LogP) is 3.24. The fraction of sp³-hybridized carbons (Fsp3) is 0.312. The van der Waals surface area contributed by atoms with Crippen molar-refractivity contribution in [1.82, 2.24) is 10.3 Å². The molecular weight excluding hydrogens is 255 g/mol. The summed E-state index contributed by atoms with van der Waals surface area (Å²) in [6, 6.07) is 8.92. The number of methoxy groups -OCH3 is 1. The fourth-order valence-electron chi connectivity index (χ4n) is 2.14. The average Bonchev–Trinajstić information content (AvgIpc) is 2.46. The molecule has 0 aliphatic rings. The summed E-state index contributed by atoms with van der Waals surface area (Å²) in [4.78, 5) is 4.31. The third kappa shape index (κ3) is 3.14. The molecule has 0 saturated carbocycles.